The van der Waals surface area contributed by atoms with Crippen molar-refractivity contribution in [1.82, 2.24) is 0 Å². The van der Waals surface area contributed by atoms with Gasteiger partial charge in [-0.15, -0.1) is 0 Å². The number of rotatable bonds is 6. The van der Waals surface area contributed by atoms with E-state index in [-0.39, 0.29) is 62.8 Å². The molecule has 1 aliphatic heterocycles. The van der Waals surface area contributed by atoms with Gasteiger partial charge in [0.1, 0.15) is 6.10 Å². The summed E-state index contributed by atoms with van der Waals surface area (Å²) in [6.07, 6.45) is 3.75. The van der Waals surface area contributed by atoms with E-state index in [0.29, 0.717) is 18.8 Å². The van der Waals surface area contributed by atoms with Crippen LogP contribution in [0.5, 0.6) is 0 Å². The SMILES string of the molecule is CC(C)(C)[Si](C)(C)O[C@H]1CC[C@]2(C)[C@@H]3[C@@H]([C@@H](O)[C@H](OC(=O)c4ccccc4)[C@H]2C1)[C@@H]1CCC2(OCCO2)[C@@]1(C)C[C@@H]3O[Si](C)(C)C(C)(C)C. The van der Waals surface area contributed by atoms with Crippen LogP contribution in [-0.2, 0) is 23.1 Å². The van der Waals surface area contributed by atoms with E-state index in [9.17, 15) is 9.90 Å². The summed E-state index contributed by atoms with van der Waals surface area (Å²) >= 11 is 0. The van der Waals surface area contributed by atoms with Gasteiger partial charge in [-0.3, -0.25) is 0 Å². The van der Waals surface area contributed by atoms with E-state index in [1.165, 1.54) is 0 Å². The molecule has 1 aromatic carbocycles. The van der Waals surface area contributed by atoms with E-state index in [0.717, 1.165) is 38.5 Å². The maximum absolute atomic E-state index is 13.9. The first-order valence-corrected chi connectivity index (χ1v) is 25.0. The van der Waals surface area contributed by atoms with Crippen molar-refractivity contribution in [2.75, 3.05) is 13.2 Å². The van der Waals surface area contributed by atoms with Gasteiger partial charge in [-0.25, -0.2) is 4.79 Å². The second-order valence-electron chi connectivity index (χ2n) is 19.8. The zero-order valence-electron chi connectivity index (χ0n) is 32.6. The summed E-state index contributed by atoms with van der Waals surface area (Å²) in [5.74, 6) is -0.952. The third-order valence-electron chi connectivity index (χ3n) is 15.2. The van der Waals surface area contributed by atoms with Crippen LogP contribution < -0.4 is 0 Å². The number of aliphatic hydroxyl groups excluding tert-OH is 1. The summed E-state index contributed by atoms with van der Waals surface area (Å²) < 4.78 is 34.4. The Morgan fingerprint density at radius 2 is 1.45 bits per heavy atom. The minimum atomic E-state index is -2.23. The number of carbonyl (C=O) groups excluding carboxylic acids is 1. The van der Waals surface area contributed by atoms with E-state index >= 15 is 0 Å². The summed E-state index contributed by atoms with van der Waals surface area (Å²) in [6, 6.07) is 9.26. The molecule has 49 heavy (non-hydrogen) atoms. The van der Waals surface area contributed by atoms with E-state index in [2.05, 4.69) is 81.6 Å². The molecule has 1 N–H and O–H groups in total. The fraction of sp³-hybridized carbons (Fsp3) is 0.825. The number of hydrogen-bond acceptors (Lipinski definition) is 7. The van der Waals surface area contributed by atoms with Gasteiger partial charge < -0.3 is 28.2 Å². The van der Waals surface area contributed by atoms with Crippen LogP contribution >= 0.6 is 0 Å². The lowest BCUT2D eigenvalue weighted by Gasteiger charge is -2.67. The highest BCUT2D eigenvalue weighted by molar-refractivity contribution is 6.74. The molecule has 0 unspecified atom stereocenters. The Kier molecular flexibility index (Phi) is 9.62. The first-order chi connectivity index (χ1) is 22.6. The van der Waals surface area contributed by atoms with Gasteiger partial charge in [-0.05, 0) is 104 Å². The van der Waals surface area contributed by atoms with E-state index in [1.54, 1.807) is 12.1 Å². The number of fused-ring (bicyclic) bond motifs is 6. The van der Waals surface area contributed by atoms with Gasteiger partial charge in [0.05, 0.1) is 24.9 Å². The van der Waals surface area contributed by atoms with Crippen molar-refractivity contribution in [3.8, 4) is 0 Å². The summed E-state index contributed by atoms with van der Waals surface area (Å²) in [5, 5.41) is 13.0. The summed E-state index contributed by atoms with van der Waals surface area (Å²) in [5.41, 5.74) is -0.0395. The van der Waals surface area contributed by atoms with Crippen LogP contribution in [0.4, 0.5) is 0 Å². The van der Waals surface area contributed by atoms with Crippen molar-refractivity contribution >= 4 is 22.6 Å². The first-order valence-electron chi connectivity index (χ1n) is 19.1. The highest BCUT2D eigenvalue weighted by Gasteiger charge is 2.73. The van der Waals surface area contributed by atoms with Crippen molar-refractivity contribution in [2.45, 2.75) is 160 Å². The Bertz CT molecular complexity index is 1360. The summed E-state index contributed by atoms with van der Waals surface area (Å²) in [4.78, 5) is 13.9. The zero-order chi connectivity index (χ0) is 36.0. The van der Waals surface area contributed by atoms with Gasteiger partial charge >= 0.3 is 5.97 Å². The highest BCUT2D eigenvalue weighted by Crippen LogP contribution is 2.71. The molecule has 1 spiro atoms. The Labute approximate surface area is 298 Å². The van der Waals surface area contributed by atoms with Gasteiger partial charge in [-0.1, -0.05) is 73.6 Å². The molecule has 4 saturated carbocycles. The van der Waals surface area contributed by atoms with Crippen LogP contribution in [0.15, 0.2) is 30.3 Å². The lowest BCUT2D eigenvalue weighted by molar-refractivity contribution is -0.287. The Hall–Kier alpha value is -1.08. The lowest BCUT2D eigenvalue weighted by Crippen LogP contribution is -2.70. The Balaban J connectivity index is 1.45. The average Bonchev–Trinajstić information content (AvgIpc) is 3.59. The second kappa shape index (κ2) is 12.5. The highest BCUT2D eigenvalue weighted by atomic mass is 28.4. The van der Waals surface area contributed by atoms with Crippen molar-refractivity contribution < 1.29 is 33.0 Å². The standard InChI is InChI=1S/C40H66O7Si2/c1-36(2,3)48(9,10)46-27-18-20-38(7)29(24-27)34(45-35(42)26-16-14-13-15-17-26)33(41)31-28-19-21-40(43-22-23-44-40)39(28,8)25-30(32(31)38)47-49(11,12)37(4,5)6/h13-17,27-34,41H,18-25H2,1-12H3/t27-,28-,29+,30-,31-,32-,33+,34+,38-,39-/m0/s1. The van der Waals surface area contributed by atoms with E-state index in [4.69, 9.17) is 23.1 Å². The molecular weight excluding hydrogens is 649 g/mol. The van der Waals surface area contributed by atoms with Crippen LogP contribution in [-0.4, -0.2) is 71.1 Å². The average molecular weight is 715 g/mol. The predicted octanol–water partition coefficient (Wildman–Crippen LogP) is 8.97. The number of benzene rings is 1. The molecule has 0 bridgehead atoms. The van der Waals surface area contributed by atoms with Gasteiger partial charge in [0.2, 0.25) is 0 Å². The maximum Gasteiger partial charge on any atom is 0.338 e. The number of aliphatic hydroxyl groups is 1. The van der Waals surface area contributed by atoms with E-state index < -0.39 is 34.6 Å². The topological polar surface area (TPSA) is 83.5 Å². The van der Waals surface area contributed by atoms with Crippen LogP contribution in [0.1, 0.15) is 104 Å². The van der Waals surface area contributed by atoms with Crippen LogP contribution in [0.3, 0.4) is 0 Å². The molecule has 6 rings (SSSR count). The monoisotopic (exact) mass is 714 g/mol. The molecule has 1 aromatic rings. The number of ether oxygens (including phenoxy) is 3. The van der Waals surface area contributed by atoms with Gasteiger partial charge in [-0.2, -0.15) is 0 Å². The molecule has 276 valence electrons. The van der Waals surface area contributed by atoms with Gasteiger partial charge in [0.15, 0.2) is 22.4 Å². The van der Waals surface area contributed by atoms with Crippen LogP contribution in [0.25, 0.3) is 0 Å². The minimum absolute atomic E-state index is 0.0317. The minimum Gasteiger partial charge on any atom is -0.456 e. The van der Waals surface area contributed by atoms with Crippen molar-refractivity contribution in [3.63, 3.8) is 0 Å². The molecule has 9 heteroatoms. The third-order valence-corrected chi connectivity index (χ3v) is 24.2. The Morgan fingerprint density at radius 3 is 2.04 bits per heavy atom. The molecule has 1 heterocycles. The molecule has 10 atom stereocenters. The normalized spacial score (nSPS) is 39.3. The number of esters is 1. The molecule has 5 fully saturated rings. The Morgan fingerprint density at radius 1 is 0.857 bits per heavy atom. The number of carbonyl (C=O) groups is 1. The molecule has 4 aliphatic carbocycles. The van der Waals surface area contributed by atoms with Crippen molar-refractivity contribution in [1.29, 1.82) is 0 Å². The molecule has 0 aromatic heterocycles. The van der Waals surface area contributed by atoms with Crippen LogP contribution in [0, 0.1) is 34.5 Å². The molecule has 1 saturated heterocycles. The fourth-order valence-electron chi connectivity index (χ4n) is 10.4. The maximum atomic E-state index is 13.9. The van der Waals surface area contributed by atoms with E-state index in [1.807, 2.05) is 18.2 Å². The summed E-state index contributed by atoms with van der Waals surface area (Å²) in [6.45, 7) is 29.1. The third kappa shape index (κ3) is 6.17. The second-order valence-corrected chi connectivity index (χ2v) is 29.4. The fourth-order valence-corrected chi connectivity index (χ4v) is 13.2. The quantitative estimate of drug-likeness (QED) is 0.233. The lowest BCUT2D eigenvalue weighted by atomic mass is 9.42. The molecule has 7 nitrogen and oxygen atoms in total. The largest absolute Gasteiger partial charge is 0.456 e. The molecule has 5 aliphatic rings. The zero-order valence-corrected chi connectivity index (χ0v) is 34.6. The molecule has 0 amide bonds. The van der Waals surface area contributed by atoms with Crippen molar-refractivity contribution in [3.05, 3.63) is 35.9 Å². The predicted molar refractivity (Wildman–Crippen MR) is 198 cm³/mol. The van der Waals surface area contributed by atoms with Gasteiger partial charge in [0, 0.05) is 30.0 Å². The van der Waals surface area contributed by atoms with Gasteiger partial charge in [0.25, 0.3) is 0 Å². The van der Waals surface area contributed by atoms with Crippen LogP contribution in [0.2, 0.25) is 36.3 Å². The number of hydrogen-bond donors (Lipinski definition) is 1. The first kappa shape index (κ1) is 37.7. The molecular formula is C40H66O7Si2. The van der Waals surface area contributed by atoms with Crippen molar-refractivity contribution in [2.24, 2.45) is 34.5 Å². The smallest absolute Gasteiger partial charge is 0.338 e. The summed E-state index contributed by atoms with van der Waals surface area (Å²) in [7, 11) is -4.29. The molecule has 0 radical (unpaired) electrons.